The minimum Gasteiger partial charge on any atom is -0.327 e. The van der Waals surface area contributed by atoms with Crippen molar-refractivity contribution in [2.24, 2.45) is 5.73 Å². The second-order valence-corrected chi connectivity index (χ2v) is 5.18. The van der Waals surface area contributed by atoms with E-state index in [1.807, 2.05) is 17.8 Å². The molecule has 84 valence electrons. The number of rotatable bonds is 7. The highest BCUT2D eigenvalue weighted by atomic mass is 32.2. The van der Waals surface area contributed by atoms with Gasteiger partial charge in [-0.1, -0.05) is 37.3 Å². The average molecular weight is 223 g/mol. The lowest BCUT2D eigenvalue weighted by Gasteiger charge is -2.11. The van der Waals surface area contributed by atoms with E-state index in [2.05, 4.69) is 31.2 Å². The van der Waals surface area contributed by atoms with Gasteiger partial charge in [0.1, 0.15) is 0 Å². The van der Waals surface area contributed by atoms with E-state index < -0.39 is 0 Å². The standard InChI is InChI=1S/C13H21NS/c1-2-15-10-6-9-13(14)11-12-7-4-3-5-8-12/h3-5,7-8,13H,2,6,9-11,14H2,1H3. The van der Waals surface area contributed by atoms with Crippen LogP contribution < -0.4 is 5.73 Å². The SMILES string of the molecule is CCSCCCC(N)Cc1ccccc1. The van der Waals surface area contributed by atoms with Crippen molar-refractivity contribution in [3.8, 4) is 0 Å². The molecule has 1 aromatic carbocycles. The third-order valence-corrected chi connectivity index (χ3v) is 3.39. The summed E-state index contributed by atoms with van der Waals surface area (Å²) in [6, 6.07) is 10.8. The quantitative estimate of drug-likeness (QED) is 0.719. The van der Waals surface area contributed by atoms with Gasteiger partial charge in [0.25, 0.3) is 0 Å². The summed E-state index contributed by atoms with van der Waals surface area (Å²) in [6.07, 6.45) is 3.39. The lowest BCUT2D eigenvalue weighted by atomic mass is 10.0. The number of hydrogen-bond donors (Lipinski definition) is 1. The molecule has 0 aliphatic rings. The molecule has 0 aliphatic carbocycles. The van der Waals surface area contributed by atoms with E-state index in [0.29, 0.717) is 6.04 Å². The monoisotopic (exact) mass is 223 g/mol. The summed E-state index contributed by atoms with van der Waals surface area (Å²) in [4.78, 5) is 0. The first-order chi connectivity index (χ1) is 7.33. The molecule has 1 aromatic rings. The Morgan fingerprint density at radius 1 is 1.27 bits per heavy atom. The molecule has 0 amide bonds. The van der Waals surface area contributed by atoms with Gasteiger partial charge in [-0.05, 0) is 36.3 Å². The molecular weight excluding hydrogens is 202 g/mol. The molecule has 0 radical (unpaired) electrons. The van der Waals surface area contributed by atoms with Gasteiger partial charge in [-0.25, -0.2) is 0 Å². The summed E-state index contributed by atoms with van der Waals surface area (Å²) >= 11 is 2.00. The summed E-state index contributed by atoms with van der Waals surface area (Å²) in [6.45, 7) is 2.20. The van der Waals surface area contributed by atoms with E-state index >= 15 is 0 Å². The highest BCUT2D eigenvalue weighted by Crippen LogP contribution is 2.08. The molecule has 0 aromatic heterocycles. The first-order valence-corrected chi connectivity index (χ1v) is 6.85. The molecular formula is C13H21NS. The van der Waals surface area contributed by atoms with Crippen molar-refractivity contribution in [2.45, 2.75) is 32.2 Å². The van der Waals surface area contributed by atoms with Gasteiger partial charge in [0.2, 0.25) is 0 Å². The van der Waals surface area contributed by atoms with Gasteiger partial charge in [-0.15, -0.1) is 0 Å². The van der Waals surface area contributed by atoms with Crippen LogP contribution >= 0.6 is 11.8 Å². The molecule has 0 saturated carbocycles. The smallest absolute Gasteiger partial charge is 0.00796 e. The van der Waals surface area contributed by atoms with E-state index in [-0.39, 0.29) is 0 Å². The number of benzene rings is 1. The molecule has 0 aliphatic heterocycles. The largest absolute Gasteiger partial charge is 0.327 e. The maximum absolute atomic E-state index is 6.08. The van der Waals surface area contributed by atoms with E-state index in [9.17, 15) is 0 Å². The van der Waals surface area contributed by atoms with Crippen molar-refractivity contribution >= 4 is 11.8 Å². The van der Waals surface area contributed by atoms with Crippen molar-refractivity contribution in [3.63, 3.8) is 0 Å². The number of thioether (sulfide) groups is 1. The Labute approximate surface area is 97.4 Å². The van der Waals surface area contributed by atoms with Gasteiger partial charge in [0, 0.05) is 6.04 Å². The molecule has 1 atom stereocenters. The summed E-state index contributed by atoms with van der Waals surface area (Å²) in [5, 5.41) is 0. The maximum Gasteiger partial charge on any atom is 0.00796 e. The minimum atomic E-state index is 0.324. The van der Waals surface area contributed by atoms with Crippen LogP contribution in [0.15, 0.2) is 30.3 Å². The Bertz CT molecular complexity index is 248. The van der Waals surface area contributed by atoms with Gasteiger partial charge in [0.15, 0.2) is 0 Å². The molecule has 0 saturated heterocycles. The van der Waals surface area contributed by atoms with Gasteiger partial charge in [0.05, 0.1) is 0 Å². The molecule has 15 heavy (non-hydrogen) atoms. The summed E-state index contributed by atoms with van der Waals surface area (Å²) in [7, 11) is 0. The Morgan fingerprint density at radius 3 is 2.67 bits per heavy atom. The molecule has 1 unspecified atom stereocenters. The van der Waals surface area contributed by atoms with Crippen molar-refractivity contribution < 1.29 is 0 Å². The van der Waals surface area contributed by atoms with Gasteiger partial charge < -0.3 is 5.73 Å². The minimum absolute atomic E-state index is 0.324. The normalized spacial score (nSPS) is 12.7. The molecule has 1 rings (SSSR count). The van der Waals surface area contributed by atoms with Crippen molar-refractivity contribution in [3.05, 3.63) is 35.9 Å². The fraction of sp³-hybridized carbons (Fsp3) is 0.538. The highest BCUT2D eigenvalue weighted by molar-refractivity contribution is 7.99. The van der Waals surface area contributed by atoms with E-state index in [1.165, 1.54) is 23.5 Å². The van der Waals surface area contributed by atoms with Crippen LogP contribution in [0.3, 0.4) is 0 Å². The van der Waals surface area contributed by atoms with E-state index in [4.69, 9.17) is 5.73 Å². The van der Waals surface area contributed by atoms with Crippen LogP contribution in [0, 0.1) is 0 Å². The second-order valence-electron chi connectivity index (χ2n) is 3.79. The Kier molecular flexibility index (Phi) is 6.53. The molecule has 2 N–H and O–H groups in total. The first kappa shape index (κ1) is 12.6. The van der Waals surface area contributed by atoms with E-state index in [0.717, 1.165) is 12.8 Å². The molecule has 0 spiro atoms. The fourth-order valence-electron chi connectivity index (χ4n) is 1.61. The predicted molar refractivity (Wildman–Crippen MR) is 70.4 cm³/mol. The maximum atomic E-state index is 6.08. The van der Waals surface area contributed by atoms with Gasteiger partial charge in [-0.2, -0.15) is 11.8 Å². The van der Waals surface area contributed by atoms with Crippen molar-refractivity contribution in [1.82, 2.24) is 0 Å². The van der Waals surface area contributed by atoms with Crippen LogP contribution in [-0.4, -0.2) is 17.5 Å². The van der Waals surface area contributed by atoms with Crippen LogP contribution in [0.2, 0.25) is 0 Å². The number of hydrogen-bond acceptors (Lipinski definition) is 2. The summed E-state index contributed by atoms with van der Waals surface area (Å²) < 4.78 is 0. The summed E-state index contributed by atoms with van der Waals surface area (Å²) in [5.41, 5.74) is 7.43. The lowest BCUT2D eigenvalue weighted by Crippen LogP contribution is -2.22. The van der Waals surface area contributed by atoms with E-state index in [1.54, 1.807) is 0 Å². The van der Waals surface area contributed by atoms with Crippen molar-refractivity contribution in [2.75, 3.05) is 11.5 Å². The number of nitrogens with two attached hydrogens (primary N) is 1. The van der Waals surface area contributed by atoms with Crippen LogP contribution in [0.4, 0.5) is 0 Å². The average Bonchev–Trinajstić information content (AvgIpc) is 2.26. The zero-order valence-corrected chi connectivity index (χ0v) is 10.3. The Hall–Kier alpha value is -0.470. The molecule has 0 fully saturated rings. The topological polar surface area (TPSA) is 26.0 Å². The van der Waals surface area contributed by atoms with Crippen LogP contribution in [0.1, 0.15) is 25.3 Å². The van der Waals surface area contributed by atoms with Crippen LogP contribution in [0.25, 0.3) is 0 Å². The molecule has 0 bridgehead atoms. The third kappa shape index (κ3) is 5.85. The van der Waals surface area contributed by atoms with Crippen LogP contribution in [-0.2, 0) is 6.42 Å². The van der Waals surface area contributed by atoms with Gasteiger partial charge in [-0.3, -0.25) is 0 Å². The highest BCUT2D eigenvalue weighted by Gasteiger charge is 2.03. The third-order valence-electron chi connectivity index (χ3n) is 2.41. The molecule has 0 heterocycles. The van der Waals surface area contributed by atoms with Gasteiger partial charge >= 0.3 is 0 Å². The van der Waals surface area contributed by atoms with Crippen molar-refractivity contribution in [1.29, 1.82) is 0 Å². The zero-order chi connectivity index (χ0) is 10.9. The lowest BCUT2D eigenvalue weighted by molar-refractivity contribution is 0.603. The summed E-state index contributed by atoms with van der Waals surface area (Å²) in [5.74, 6) is 2.47. The first-order valence-electron chi connectivity index (χ1n) is 5.70. The predicted octanol–water partition coefficient (Wildman–Crippen LogP) is 3.09. The molecule has 2 heteroatoms. The Balaban J connectivity index is 2.16. The second kappa shape index (κ2) is 7.77. The Morgan fingerprint density at radius 2 is 2.00 bits per heavy atom. The zero-order valence-electron chi connectivity index (χ0n) is 9.49. The molecule has 1 nitrogen and oxygen atoms in total. The van der Waals surface area contributed by atoms with Crippen LogP contribution in [0.5, 0.6) is 0 Å². The fourth-order valence-corrected chi connectivity index (χ4v) is 2.27.